The Bertz CT molecular complexity index is 489. The zero-order valence-electron chi connectivity index (χ0n) is 12.4. The van der Waals surface area contributed by atoms with E-state index >= 15 is 0 Å². The number of carbonyl (C=O) groups excluding carboxylic acids is 1. The standard InChI is InChI=1S/C16H23FN2O/c1-4-18-15-7-8-19(10-12(15)3)16(20)13-6-5-11(2)14(17)9-13/h5-6,9,12,15,18H,4,7-8,10H2,1-3H3. The quantitative estimate of drug-likeness (QED) is 0.921. The number of nitrogens with zero attached hydrogens (tertiary/aromatic N) is 1. The summed E-state index contributed by atoms with van der Waals surface area (Å²) in [5, 5.41) is 3.45. The van der Waals surface area contributed by atoms with E-state index < -0.39 is 0 Å². The first kappa shape index (κ1) is 15.0. The predicted molar refractivity (Wildman–Crippen MR) is 78.3 cm³/mol. The van der Waals surface area contributed by atoms with Crippen LogP contribution in [0.1, 0.15) is 36.2 Å². The molecule has 1 saturated heterocycles. The average Bonchev–Trinajstić information content (AvgIpc) is 2.43. The van der Waals surface area contributed by atoms with Gasteiger partial charge in [0.2, 0.25) is 0 Å². The van der Waals surface area contributed by atoms with Gasteiger partial charge in [0.25, 0.3) is 5.91 Å². The summed E-state index contributed by atoms with van der Waals surface area (Å²) in [6.45, 7) is 8.36. The van der Waals surface area contributed by atoms with Crippen molar-refractivity contribution in [2.24, 2.45) is 5.92 Å². The van der Waals surface area contributed by atoms with Crippen molar-refractivity contribution in [2.75, 3.05) is 19.6 Å². The summed E-state index contributed by atoms with van der Waals surface area (Å²) >= 11 is 0. The molecule has 1 fully saturated rings. The van der Waals surface area contributed by atoms with Gasteiger partial charge in [0.1, 0.15) is 5.82 Å². The fraction of sp³-hybridized carbons (Fsp3) is 0.562. The number of hydrogen-bond acceptors (Lipinski definition) is 2. The van der Waals surface area contributed by atoms with Crippen LogP contribution in [-0.4, -0.2) is 36.5 Å². The minimum absolute atomic E-state index is 0.0642. The lowest BCUT2D eigenvalue weighted by Gasteiger charge is -2.37. The molecule has 0 aliphatic carbocycles. The number of rotatable bonds is 3. The molecule has 1 aromatic rings. The van der Waals surface area contributed by atoms with Crippen LogP contribution in [0.5, 0.6) is 0 Å². The summed E-state index contributed by atoms with van der Waals surface area (Å²) in [7, 11) is 0. The highest BCUT2D eigenvalue weighted by molar-refractivity contribution is 5.94. The van der Waals surface area contributed by atoms with E-state index in [1.54, 1.807) is 19.1 Å². The van der Waals surface area contributed by atoms with E-state index in [-0.39, 0.29) is 11.7 Å². The first-order valence-electron chi connectivity index (χ1n) is 7.31. The molecule has 1 amide bonds. The van der Waals surface area contributed by atoms with Crippen LogP contribution in [0.2, 0.25) is 0 Å². The number of hydrogen-bond donors (Lipinski definition) is 1. The lowest BCUT2D eigenvalue weighted by Crippen LogP contribution is -2.50. The van der Waals surface area contributed by atoms with Crippen LogP contribution in [0.4, 0.5) is 4.39 Å². The van der Waals surface area contributed by atoms with Crippen LogP contribution < -0.4 is 5.32 Å². The highest BCUT2D eigenvalue weighted by Crippen LogP contribution is 2.19. The number of benzene rings is 1. The van der Waals surface area contributed by atoms with E-state index in [0.29, 0.717) is 23.1 Å². The Labute approximate surface area is 120 Å². The highest BCUT2D eigenvalue weighted by Gasteiger charge is 2.28. The molecular formula is C16H23FN2O. The summed E-state index contributed by atoms with van der Waals surface area (Å²) < 4.78 is 13.6. The first-order chi connectivity index (χ1) is 9.52. The molecule has 110 valence electrons. The van der Waals surface area contributed by atoms with Crippen LogP contribution in [-0.2, 0) is 0 Å². The summed E-state index contributed by atoms with van der Waals surface area (Å²) in [4.78, 5) is 14.2. The minimum Gasteiger partial charge on any atom is -0.338 e. The molecule has 1 aromatic carbocycles. The van der Waals surface area contributed by atoms with Gasteiger partial charge < -0.3 is 10.2 Å². The molecule has 1 aliphatic rings. The van der Waals surface area contributed by atoms with Gasteiger partial charge in [0.15, 0.2) is 0 Å². The molecule has 2 atom stereocenters. The second-order valence-corrected chi connectivity index (χ2v) is 5.65. The van der Waals surface area contributed by atoms with Gasteiger partial charge >= 0.3 is 0 Å². The number of nitrogens with one attached hydrogen (secondary N) is 1. The van der Waals surface area contributed by atoms with Gasteiger partial charge in [0.05, 0.1) is 0 Å². The van der Waals surface area contributed by atoms with E-state index in [2.05, 4.69) is 19.2 Å². The molecule has 4 heteroatoms. The van der Waals surface area contributed by atoms with Crippen molar-refractivity contribution in [3.63, 3.8) is 0 Å². The van der Waals surface area contributed by atoms with Crippen LogP contribution in [0.25, 0.3) is 0 Å². The Morgan fingerprint density at radius 2 is 2.25 bits per heavy atom. The monoisotopic (exact) mass is 278 g/mol. The van der Waals surface area contributed by atoms with Gasteiger partial charge in [-0.2, -0.15) is 0 Å². The maximum Gasteiger partial charge on any atom is 0.253 e. The molecule has 3 nitrogen and oxygen atoms in total. The van der Waals surface area contributed by atoms with Gasteiger partial charge in [-0.1, -0.05) is 19.9 Å². The third-order valence-electron chi connectivity index (χ3n) is 4.08. The fourth-order valence-corrected chi connectivity index (χ4v) is 2.80. The second-order valence-electron chi connectivity index (χ2n) is 5.65. The molecule has 0 saturated carbocycles. The van der Waals surface area contributed by atoms with Crippen LogP contribution in [0, 0.1) is 18.7 Å². The van der Waals surface area contributed by atoms with Crippen molar-refractivity contribution in [3.05, 3.63) is 35.1 Å². The maximum atomic E-state index is 13.6. The van der Waals surface area contributed by atoms with Crippen molar-refractivity contribution in [1.82, 2.24) is 10.2 Å². The molecule has 1 N–H and O–H groups in total. The summed E-state index contributed by atoms with van der Waals surface area (Å²) in [6, 6.07) is 5.19. The normalized spacial score (nSPS) is 22.9. The minimum atomic E-state index is -0.313. The average molecular weight is 278 g/mol. The van der Waals surface area contributed by atoms with Gasteiger partial charge in [0, 0.05) is 24.7 Å². The molecule has 20 heavy (non-hydrogen) atoms. The van der Waals surface area contributed by atoms with Crippen molar-refractivity contribution < 1.29 is 9.18 Å². The fourth-order valence-electron chi connectivity index (χ4n) is 2.80. The zero-order chi connectivity index (χ0) is 14.7. The molecule has 2 rings (SSSR count). The van der Waals surface area contributed by atoms with E-state index in [1.807, 2.05) is 4.90 Å². The van der Waals surface area contributed by atoms with Crippen molar-refractivity contribution in [2.45, 2.75) is 33.2 Å². The number of carbonyl (C=O) groups is 1. The van der Waals surface area contributed by atoms with Crippen molar-refractivity contribution >= 4 is 5.91 Å². The van der Waals surface area contributed by atoms with E-state index in [0.717, 1.165) is 26.1 Å². The first-order valence-corrected chi connectivity index (χ1v) is 7.31. The molecule has 0 bridgehead atoms. The lowest BCUT2D eigenvalue weighted by molar-refractivity contribution is 0.0645. The smallest absolute Gasteiger partial charge is 0.253 e. The highest BCUT2D eigenvalue weighted by atomic mass is 19.1. The van der Waals surface area contributed by atoms with Gasteiger partial charge in [-0.25, -0.2) is 4.39 Å². The van der Waals surface area contributed by atoms with Crippen LogP contribution in [0.3, 0.4) is 0 Å². The number of halogens is 1. The van der Waals surface area contributed by atoms with E-state index in [4.69, 9.17) is 0 Å². The van der Waals surface area contributed by atoms with E-state index in [1.165, 1.54) is 6.07 Å². The molecule has 0 spiro atoms. The van der Waals surface area contributed by atoms with Crippen LogP contribution >= 0.6 is 0 Å². The summed E-state index contributed by atoms with van der Waals surface area (Å²) in [5.41, 5.74) is 1.02. The number of likely N-dealkylation sites (tertiary alicyclic amines) is 1. The number of amides is 1. The predicted octanol–water partition coefficient (Wildman–Crippen LogP) is 2.59. The third-order valence-corrected chi connectivity index (χ3v) is 4.08. The van der Waals surface area contributed by atoms with Crippen LogP contribution in [0.15, 0.2) is 18.2 Å². The Morgan fingerprint density at radius 1 is 1.50 bits per heavy atom. The third kappa shape index (κ3) is 3.18. The Hall–Kier alpha value is -1.42. The second kappa shape index (κ2) is 6.35. The van der Waals surface area contributed by atoms with Crippen molar-refractivity contribution in [1.29, 1.82) is 0 Å². The summed E-state index contributed by atoms with van der Waals surface area (Å²) in [5.74, 6) is 0.0417. The Morgan fingerprint density at radius 3 is 2.85 bits per heavy atom. The molecule has 0 aromatic heterocycles. The molecule has 2 unspecified atom stereocenters. The Balaban J connectivity index is 2.05. The molecular weight excluding hydrogens is 255 g/mol. The lowest BCUT2D eigenvalue weighted by atomic mass is 9.93. The van der Waals surface area contributed by atoms with Gasteiger partial charge in [-0.3, -0.25) is 4.79 Å². The topological polar surface area (TPSA) is 32.3 Å². The molecule has 0 radical (unpaired) electrons. The molecule has 1 aliphatic heterocycles. The van der Waals surface area contributed by atoms with Gasteiger partial charge in [-0.05, 0) is 43.5 Å². The SMILES string of the molecule is CCNC1CCN(C(=O)c2ccc(C)c(F)c2)CC1C. The molecule has 1 heterocycles. The number of aryl methyl sites for hydroxylation is 1. The van der Waals surface area contributed by atoms with Gasteiger partial charge in [-0.15, -0.1) is 0 Å². The summed E-state index contributed by atoms with van der Waals surface area (Å²) in [6.07, 6.45) is 0.953. The largest absolute Gasteiger partial charge is 0.338 e. The Kier molecular flexibility index (Phi) is 4.76. The van der Waals surface area contributed by atoms with Crippen molar-refractivity contribution in [3.8, 4) is 0 Å². The maximum absolute atomic E-state index is 13.6. The zero-order valence-corrected chi connectivity index (χ0v) is 12.4. The van der Waals surface area contributed by atoms with E-state index in [9.17, 15) is 9.18 Å². The number of piperidine rings is 1.